The Bertz CT molecular complexity index is 1030. The van der Waals surface area contributed by atoms with E-state index in [1.807, 2.05) is 4.98 Å². The summed E-state index contributed by atoms with van der Waals surface area (Å²) in [7, 11) is -17.4. The number of nitrogens with one attached hydrogen (secondary N) is 2. The van der Waals surface area contributed by atoms with Crippen molar-refractivity contribution in [3.63, 3.8) is 0 Å². The highest BCUT2D eigenvalue weighted by atomic mass is 31.3. The zero-order valence-electron chi connectivity index (χ0n) is 14.0. The van der Waals surface area contributed by atoms with Gasteiger partial charge in [0.15, 0.2) is 6.17 Å². The first kappa shape index (κ1) is 25.1. The van der Waals surface area contributed by atoms with Crippen molar-refractivity contribution in [1.82, 2.24) is 9.97 Å². The topological polar surface area (TPSA) is 255 Å². The molecule has 0 radical (unpaired) electrons. The molecule has 1 fully saturated rings. The van der Waals surface area contributed by atoms with E-state index in [0.29, 0.717) is 6.07 Å². The summed E-state index contributed by atoms with van der Waals surface area (Å²) in [5.41, 5.74) is -2.75. The maximum atomic E-state index is 14.7. The second kappa shape index (κ2) is 8.43. The second-order valence-electron chi connectivity index (χ2n) is 5.62. The number of aliphatic hydroxyl groups excluding tert-OH is 1. The van der Waals surface area contributed by atoms with Gasteiger partial charge in [-0.15, -0.1) is 0 Å². The van der Waals surface area contributed by atoms with E-state index in [9.17, 15) is 42.1 Å². The van der Waals surface area contributed by atoms with Crippen LogP contribution in [0.4, 0.5) is 8.78 Å². The van der Waals surface area contributed by atoms with Gasteiger partial charge in [-0.1, -0.05) is 0 Å². The summed E-state index contributed by atoms with van der Waals surface area (Å²) in [6.07, 6.45) is -7.42. The van der Waals surface area contributed by atoms with Crippen molar-refractivity contribution in [2.45, 2.75) is 24.2 Å². The van der Waals surface area contributed by atoms with E-state index in [-0.39, 0.29) is 0 Å². The third kappa shape index (κ3) is 6.43. The number of hydrogen-bond donors (Lipinski definition) is 7. The van der Waals surface area contributed by atoms with Crippen molar-refractivity contribution in [3.8, 4) is 0 Å². The van der Waals surface area contributed by atoms with E-state index >= 15 is 0 Å². The number of hydrogen-bond acceptors (Lipinski definition) is 10. The van der Waals surface area contributed by atoms with Crippen LogP contribution in [0.3, 0.4) is 0 Å². The summed E-state index contributed by atoms with van der Waals surface area (Å²) >= 11 is 0. The number of rotatable bonds is 8. The highest BCUT2D eigenvalue weighted by Gasteiger charge is 2.58. The number of ether oxygens (including phenoxy) is 1. The summed E-state index contributed by atoms with van der Waals surface area (Å²) in [6, 6.07) is 0.611. The Labute approximate surface area is 162 Å². The molecule has 1 saturated heterocycles. The molecule has 21 heteroatoms. The Hall–Kier alpha value is -1.13. The van der Waals surface area contributed by atoms with Gasteiger partial charge < -0.3 is 34.4 Å². The number of aliphatic hydroxyl groups is 1. The molecule has 7 N–H and O–H groups in total. The Balaban J connectivity index is 2.14. The van der Waals surface area contributed by atoms with Gasteiger partial charge in [-0.2, -0.15) is 8.62 Å². The van der Waals surface area contributed by atoms with Gasteiger partial charge in [0.25, 0.3) is 11.4 Å². The molecule has 16 nitrogen and oxygen atoms in total. The fourth-order valence-corrected chi connectivity index (χ4v) is 5.25. The molecule has 1 aliphatic heterocycles. The number of phosphoric acid groups is 3. The quantitative estimate of drug-likeness (QED) is 0.206. The van der Waals surface area contributed by atoms with E-state index in [1.165, 1.54) is 0 Å². The Morgan fingerprint density at radius 2 is 1.70 bits per heavy atom. The molecule has 172 valence electrons. The van der Waals surface area contributed by atoms with Crippen LogP contribution in [0.1, 0.15) is 11.8 Å². The molecule has 0 saturated carbocycles. The molecule has 2 unspecified atom stereocenters. The van der Waals surface area contributed by atoms with Crippen LogP contribution in [0.15, 0.2) is 15.7 Å². The minimum absolute atomic E-state index is 0.604. The third-order valence-electron chi connectivity index (χ3n) is 3.28. The molecule has 2 rings (SSSR count). The second-order valence-corrected chi connectivity index (χ2v) is 10.0. The lowest BCUT2D eigenvalue weighted by Gasteiger charge is -2.24. The van der Waals surface area contributed by atoms with Crippen LogP contribution in [0, 0.1) is 0 Å². The largest absolute Gasteiger partial charge is 0.490 e. The van der Waals surface area contributed by atoms with E-state index in [0.717, 1.165) is 0 Å². The van der Waals surface area contributed by atoms with Crippen molar-refractivity contribution < 1.29 is 65.0 Å². The van der Waals surface area contributed by atoms with Gasteiger partial charge in [0, 0.05) is 6.07 Å². The lowest BCUT2D eigenvalue weighted by Crippen LogP contribution is -2.41. The normalized spacial score (nSPS) is 31.2. The van der Waals surface area contributed by atoms with Gasteiger partial charge in [0.05, 0.1) is 5.69 Å². The molecule has 1 aliphatic rings. The molecule has 0 aliphatic carbocycles. The monoisotopic (exact) mass is 504 g/mol. The van der Waals surface area contributed by atoms with E-state index in [1.54, 1.807) is 4.98 Å². The number of alkyl halides is 2. The highest BCUT2D eigenvalue weighted by molar-refractivity contribution is 7.66. The number of phosphoric ester groups is 1. The molecule has 0 spiro atoms. The minimum atomic E-state index is -5.90. The predicted octanol–water partition coefficient (Wildman–Crippen LogP) is -1.16. The first-order valence-electron chi connectivity index (χ1n) is 7.24. The van der Waals surface area contributed by atoms with Crippen molar-refractivity contribution in [2.24, 2.45) is 0 Å². The fraction of sp³-hybridized carbons (Fsp3) is 0.556. The summed E-state index contributed by atoms with van der Waals surface area (Å²) in [6.45, 7) is -1.82. The Morgan fingerprint density at radius 1 is 1.10 bits per heavy atom. The Kier molecular flexibility index (Phi) is 7.06. The van der Waals surface area contributed by atoms with Gasteiger partial charge in [-0.3, -0.25) is 14.3 Å². The summed E-state index contributed by atoms with van der Waals surface area (Å²) in [5, 5.41) is 9.69. The zero-order chi connectivity index (χ0) is 23.1. The first-order chi connectivity index (χ1) is 13.4. The number of aromatic amines is 2. The maximum absolute atomic E-state index is 14.7. The van der Waals surface area contributed by atoms with Crippen LogP contribution < -0.4 is 11.2 Å². The standard InChI is InChI=1S/C9H13F2N2O14P3/c10-5-6(3-1-4(14)13-8(16)12-3)25-9(11,7(5)15)2-24-29(20,21)27-30(22,23)26-28(17,18)19/h1,5-7,15H,2H2,(H,20,21)(H,22,23)(H2,17,18,19)(H2,12,13,14,16)/t5-,6-,7-,9+/m0/s1. The van der Waals surface area contributed by atoms with Crippen molar-refractivity contribution in [3.05, 3.63) is 32.6 Å². The molecule has 6 atom stereocenters. The molecule has 0 amide bonds. The van der Waals surface area contributed by atoms with Crippen molar-refractivity contribution in [1.29, 1.82) is 0 Å². The first-order valence-corrected chi connectivity index (χ1v) is 11.8. The van der Waals surface area contributed by atoms with E-state index in [4.69, 9.17) is 14.7 Å². The van der Waals surface area contributed by atoms with Gasteiger partial charge in [-0.05, 0) is 0 Å². The van der Waals surface area contributed by atoms with Gasteiger partial charge in [0.2, 0.25) is 0 Å². The number of H-pyrrole nitrogens is 2. The summed E-state index contributed by atoms with van der Waals surface area (Å²) < 4.78 is 77.6. The van der Waals surface area contributed by atoms with Gasteiger partial charge in [0.1, 0.15) is 18.8 Å². The number of aromatic nitrogens is 2. The average Bonchev–Trinajstić information content (AvgIpc) is 2.74. The molecule has 0 aromatic carbocycles. The van der Waals surface area contributed by atoms with Crippen LogP contribution in [0.5, 0.6) is 0 Å². The van der Waals surface area contributed by atoms with Gasteiger partial charge >= 0.3 is 29.2 Å². The molecular weight excluding hydrogens is 491 g/mol. The van der Waals surface area contributed by atoms with Crippen LogP contribution in [0.25, 0.3) is 0 Å². The third-order valence-corrected chi connectivity index (χ3v) is 7.07. The summed E-state index contributed by atoms with van der Waals surface area (Å²) in [5.74, 6) is -3.60. The predicted molar refractivity (Wildman–Crippen MR) is 86.1 cm³/mol. The molecule has 1 aromatic rings. The lowest BCUT2D eigenvalue weighted by molar-refractivity contribution is -0.194. The molecule has 2 heterocycles. The number of halogens is 2. The molecule has 0 bridgehead atoms. The molecular formula is C9H13F2N2O14P3. The lowest BCUT2D eigenvalue weighted by atomic mass is 10.1. The van der Waals surface area contributed by atoms with Gasteiger partial charge in [-0.25, -0.2) is 27.3 Å². The molecule has 30 heavy (non-hydrogen) atoms. The van der Waals surface area contributed by atoms with Crippen LogP contribution in [0.2, 0.25) is 0 Å². The van der Waals surface area contributed by atoms with E-state index < -0.39 is 71.3 Å². The van der Waals surface area contributed by atoms with E-state index in [2.05, 4.69) is 17.9 Å². The van der Waals surface area contributed by atoms with Crippen LogP contribution in [-0.2, 0) is 31.6 Å². The van der Waals surface area contributed by atoms with Crippen LogP contribution in [-0.4, -0.2) is 59.4 Å². The SMILES string of the molecule is O=c1cc([C@@H]2O[C@](F)(COP(=O)(O)OP(=O)(O)OP(=O)(O)O)[C@@H](O)[C@H]2F)[nH]c(=O)[nH]1. The average molecular weight is 504 g/mol. The van der Waals surface area contributed by atoms with Crippen molar-refractivity contribution in [2.75, 3.05) is 6.61 Å². The van der Waals surface area contributed by atoms with Crippen LogP contribution >= 0.6 is 23.5 Å². The fourth-order valence-electron chi connectivity index (χ4n) is 2.22. The van der Waals surface area contributed by atoms with Crippen molar-refractivity contribution >= 4 is 23.5 Å². The Morgan fingerprint density at radius 3 is 2.23 bits per heavy atom. The minimum Gasteiger partial charge on any atom is -0.384 e. The summed E-state index contributed by atoms with van der Waals surface area (Å²) in [4.78, 5) is 61.2. The smallest absolute Gasteiger partial charge is 0.384 e. The zero-order valence-corrected chi connectivity index (χ0v) is 16.7. The maximum Gasteiger partial charge on any atom is 0.490 e. The molecule has 1 aromatic heterocycles. The highest BCUT2D eigenvalue weighted by Crippen LogP contribution is 2.66.